The van der Waals surface area contributed by atoms with Crippen molar-refractivity contribution in [2.45, 2.75) is 13.0 Å². The second-order valence-corrected chi connectivity index (χ2v) is 7.63. The summed E-state index contributed by atoms with van der Waals surface area (Å²) >= 11 is 3.41. The Hall–Kier alpha value is -3.33. The van der Waals surface area contributed by atoms with Gasteiger partial charge in [0.25, 0.3) is 5.91 Å². The van der Waals surface area contributed by atoms with Crippen LogP contribution in [0, 0.1) is 5.92 Å². The normalized spacial score (nSPS) is 17.6. The molecule has 0 aliphatic carbocycles. The Kier molecular flexibility index (Phi) is 5.45. The Morgan fingerprint density at radius 3 is 2.73 bits per heavy atom. The summed E-state index contributed by atoms with van der Waals surface area (Å²) in [5.74, 6) is -0.833. The first-order valence-electron chi connectivity index (χ1n) is 9.14. The number of benzene rings is 2. The molecule has 0 radical (unpaired) electrons. The van der Waals surface area contributed by atoms with E-state index in [9.17, 15) is 9.59 Å². The molecule has 0 bridgehead atoms. The molecule has 0 spiro atoms. The molecule has 0 saturated carbocycles. The molecule has 2 aromatic carbocycles. The Morgan fingerprint density at radius 1 is 1.17 bits per heavy atom. The first-order chi connectivity index (χ1) is 14.5. The maximum absolute atomic E-state index is 13.0. The fourth-order valence-corrected chi connectivity index (χ4v) is 3.47. The van der Waals surface area contributed by atoms with Crippen molar-refractivity contribution >= 4 is 56.3 Å². The molecular weight excluding hydrogens is 454 g/mol. The highest BCUT2D eigenvalue weighted by Gasteiger charge is 2.32. The molecule has 2 unspecified atom stereocenters. The average Bonchev–Trinajstić information content (AvgIpc) is 3.32. The number of carbonyl (C=O) groups excluding carboxylic acids is 2. The van der Waals surface area contributed by atoms with Crippen molar-refractivity contribution in [1.82, 2.24) is 0 Å². The van der Waals surface area contributed by atoms with Crippen LogP contribution in [-0.2, 0) is 9.63 Å². The number of halogens is 1. The van der Waals surface area contributed by atoms with Crippen LogP contribution in [0.1, 0.15) is 17.5 Å². The number of hydrogen-bond acceptors (Lipinski definition) is 6. The van der Waals surface area contributed by atoms with Gasteiger partial charge in [0, 0.05) is 21.6 Å². The minimum Gasteiger partial charge on any atom is -0.497 e. The van der Waals surface area contributed by atoms with E-state index in [-0.39, 0.29) is 17.4 Å². The standard InChI is InChI=1S/C21H18BrN3O5/c1-11-16(10-23-30-11)20(26)25-18-15-8-12(22)6-7-17(15)29-19(18)21(27)24-13-4-3-5-14(9-13)28-2/h3-11,16H,1-2H3,(H,24,27)(H,25,26). The average molecular weight is 472 g/mol. The van der Waals surface area contributed by atoms with Crippen LogP contribution in [-0.4, -0.2) is 31.2 Å². The number of oxime groups is 1. The molecule has 3 aromatic rings. The third-order valence-corrected chi connectivity index (χ3v) is 5.18. The highest BCUT2D eigenvalue weighted by Crippen LogP contribution is 2.34. The summed E-state index contributed by atoms with van der Waals surface area (Å²) in [6.45, 7) is 1.75. The van der Waals surface area contributed by atoms with Gasteiger partial charge in [0.05, 0.1) is 13.3 Å². The van der Waals surface area contributed by atoms with E-state index >= 15 is 0 Å². The lowest BCUT2D eigenvalue weighted by Gasteiger charge is -2.12. The van der Waals surface area contributed by atoms with E-state index < -0.39 is 17.9 Å². The van der Waals surface area contributed by atoms with Gasteiger partial charge >= 0.3 is 0 Å². The molecular formula is C21H18BrN3O5. The van der Waals surface area contributed by atoms with Gasteiger partial charge < -0.3 is 24.6 Å². The monoisotopic (exact) mass is 471 g/mol. The number of ether oxygens (including phenoxy) is 1. The quantitative estimate of drug-likeness (QED) is 0.573. The second kappa shape index (κ2) is 8.19. The van der Waals surface area contributed by atoms with Crippen LogP contribution in [0.15, 0.2) is 56.5 Å². The van der Waals surface area contributed by atoms with E-state index in [1.54, 1.807) is 56.5 Å². The van der Waals surface area contributed by atoms with E-state index in [2.05, 4.69) is 31.7 Å². The van der Waals surface area contributed by atoms with Crippen molar-refractivity contribution < 1.29 is 23.6 Å². The molecule has 2 heterocycles. The number of rotatable bonds is 5. The Balaban J connectivity index is 1.69. The molecule has 0 saturated heterocycles. The molecule has 0 fully saturated rings. The SMILES string of the molecule is COc1cccc(NC(=O)c2oc3ccc(Br)cc3c2NC(=O)C2C=NOC2C)c1. The molecule has 30 heavy (non-hydrogen) atoms. The van der Waals surface area contributed by atoms with E-state index in [0.717, 1.165) is 4.47 Å². The van der Waals surface area contributed by atoms with Crippen molar-refractivity contribution in [1.29, 1.82) is 0 Å². The summed E-state index contributed by atoms with van der Waals surface area (Å²) in [6.07, 6.45) is 1.04. The lowest BCUT2D eigenvalue weighted by Crippen LogP contribution is -2.30. The molecule has 1 aromatic heterocycles. The zero-order valence-electron chi connectivity index (χ0n) is 16.1. The Labute approximate surface area is 180 Å². The van der Waals surface area contributed by atoms with Gasteiger partial charge in [0.15, 0.2) is 0 Å². The van der Waals surface area contributed by atoms with Crippen molar-refractivity contribution in [2.75, 3.05) is 17.7 Å². The third-order valence-electron chi connectivity index (χ3n) is 4.69. The van der Waals surface area contributed by atoms with Crippen LogP contribution in [0.2, 0.25) is 0 Å². The number of nitrogens with zero attached hydrogens (tertiary/aromatic N) is 1. The maximum atomic E-state index is 13.0. The summed E-state index contributed by atoms with van der Waals surface area (Å²) in [7, 11) is 1.54. The van der Waals surface area contributed by atoms with Gasteiger partial charge in [-0.25, -0.2) is 0 Å². The van der Waals surface area contributed by atoms with Gasteiger partial charge in [-0.2, -0.15) is 0 Å². The van der Waals surface area contributed by atoms with Gasteiger partial charge in [-0.05, 0) is 37.3 Å². The third kappa shape index (κ3) is 3.88. The van der Waals surface area contributed by atoms with E-state index in [4.69, 9.17) is 14.0 Å². The Bertz CT molecular complexity index is 1160. The zero-order valence-corrected chi connectivity index (χ0v) is 17.7. The number of hydrogen-bond donors (Lipinski definition) is 2. The van der Waals surface area contributed by atoms with Crippen LogP contribution in [0.3, 0.4) is 0 Å². The van der Waals surface area contributed by atoms with Crippen molar-refractivity contribution in [3.63, 3.8) is 0 Å². The van der Waals surface area contributed by atoms with E-state index in [0.29, 0.717) is 22.4 Å². The number of furan rings is 1. The number of nitrogens with one attached hydrogen (secondary N) is 2. The number of anilines is 2. The van der Waals surface area contributed by atoms with Gasteiger partial charge in [0.2, 0.25) is 11.7 Å². The first kappa shape index (κ1) is 20.0. The molecule has 2 amide bonds. The molecule has 8 nitrogen and oxygen atoms in total. The van der Waals surface area contributed by atoms with Gasteiger partial charge in [-0.1, -0.05) is 27.2 Å². The lowest BCUT2D eigenvalue weighted by molar-refractivity contribution is -0.120. The Morgan fingerprint density at radius 2 is 2.00 bits per heavy atom. The minimum atomic E-state index is -0.573. The maximum Gasteiger partial charge on any atom is 0.293 e. The summed E-state index contributed by atoms with van der Waals surface area (Å²) in [6, 6.07) is 12.2. The van der Waals surface area contributed by atoms with Crippen LogP contribution >= 0.6 is 15.9 Å². The second-order valence-electron chi connectivity index (χ2n) is 6.71. The fourth-order valence-electron chi connectivity index (χ4n) is 3.11. The largest absolute Gasteiger partial charge is 0.497 e. The molecule has 1 aliphatic heterocycles. The molecule has 2 atom stereocenters. The van der Waals surface area contributed by atoms with Crippen LogP contribution in [0.5, 0.6) is 5.75 Å². The lowest BCUT2D eigenvalue weighted by atomic mass is 10.0. The predicted octanol–water partition coefficient (Wildman–Crippen LogP) is 4.42. The van der Waals surface area contributed by atoms with Crippen LogP contribution in [0.4, 0.5) is 11.4 Å². The van der Waals surface area contributed by atoms with Crippen LogP contribution in [0.25, 0.3) is 11.0 Å². The van der Waals surface area contributed by atoms with E-state index in [1.165, 1.54) is 6.21 Å². The smallest absolute Gasteiger partial charge is 0.293 e. The van der Waals surface area contributed by atoms with E-state index in [1.807, 2.05) is 0 Å². The van der Waals surface area contributed by atoms with Crippen LogP contribution < -0.4 is 15.4 Å². The molecule has 2 N–H and O–H groups in total. The molecule has 4 rings (SSSR count). The van der Waals surface area contributed by atoms with Crippen molar-refractivity contribution in [3.05, 3.63) is 52.7 Å². The number of carbonyl (C=O) groups is 2. The molecule has 9 heteroatoms. The summed E-state index contributed by atoms with van der Waals surface area (Å²) in [4.78, 5) is 30.9. The molecule has 154 valence electrons. The highest BCUT2D eigenvalue weighted by atomic mass is 79.9. The minimum absolute atomic E-state index is 0.0113. The van der Waals surface area contributed by atoms with Gasteiger partial charge in [0.1, 0.15) is 29.0 Å². The first-order valence-corrected chi connectivity index (χ1v) is 9.93. The van der Waals surface area contributed by atoms with Gasteiger partial charge in [-0.3, -0.25) is 9.59 Å². The topological polar surface area (TPSA) is 102 Å². The predicted molar refractivity (Wildman–Crippen MR) is 116 cm³/mol. The van der Waals surface area contributed by atoms with Crippen molar-refractivity contribution in [3.8, 4) is 5.75 Å². The fraction of sp³-hybridized carbons (Fsp3) is 0.190. The summed E-state index contributed by atoms with van der Waals surface area (Å²) in [5.41, 5.74) is 1.28. The number of methoxy groups -OCH3 is 1. The highest BCUT2D eigenvalue weighted by molar-refractivity contribution is 9.10. The summed E-state index contributed by atoms with van der Waals surface area (Å²) < 4.78 is 11.8. The molecule has 1 aliphatic rings. The zero-order chi connectivity index (χ0) is 21.3. The van der Waals surface area contributed by atoms with Crippen molar-refractivity contribution in [2.24, 2.45) is 11.1 Å². The number of fused-ring (bicyclic) bond motifs is 1. The van der Waals surface area contributed by atoms with Gasteiger partial charge in [-0.15, -0.1) is 0 Å². The number of amides is 2. The summed E-state index contributed by atoms with van der Waals surface area (Å²) in [5, 5.41) is 9.87.